The highest BCUT2D eigenvalue weighted by molar-refractivity contribution is 6.99. The summed E-state index contributed by atoms with van der Waals surface area (Å²) in [6.07, 6.45) is -2.81. The maximum atomic E-state index is 14.3. The number of carbonyl (C=O) groups excluding carboxylic acids is 1. The number of alkyl halides is 1. The van der Waals surface area contributed by atoms with Crippen LogP contribution in [0.1, 0.15) is 34.1 Å². The van der Waals surface area contributed by atoms with Gasteiger partial charge in [-0.05, 0) is 15.4 Å². The van der Waals surface area contributed by atoms with Gasteiger partial charge >= 0.3 is 5.97 Å². The highest BCUT2D eigenvalue weighted by Crippen LogP contribution is 2.37. The van der Waals surface area contributed by atoms with Crippen LogP contribution in [0.25, 0.3) is 0 Å². The average Bonchev–Trinajstić information content (AvgIpc) is 3.01. The Balaban J connectivity index is 1.92. The van der Waals surface area contributed by atoms with Crippen molar-refractivity contribution in [2.45, 2.75) is 57.7 Å². The van der Waals surface area contributed by atoms with Crippen LogP contribution in [-0.4, -0.2) is 39.5 Å². The van der Waals surface area contributed by atoms with E-state index in [4.69, 9.17) is 13.9 Å². The van der Waals surface area contributed by atoms with Crippen LogP contribution in [-0.2, 0) is 18.7 Å². The van der Waals surface area contributed by atoms with Crippen LogP contribution in [0.15, 0.2) is 60.7 Å². The lowest BCUT2D eigenvalue weighted by molar-refractivity contribution is -0.181. The molecular formula is C23H29FO4Si. The van der Waals surface area contributed by atoms with Crippen LogP contribution in [0.3, 0.4) is 0 Å². The van der Waals surface area contributed by atoms with Gasteiger partial charge < -0.3 is 13.9 Å². The van der Waals surface area contributed by atoms with Gasteiger partial charge in [-0.25, -0.2) is 4.39 Å². The summed E-state index contributed by atoms with van der Waals surface area (Å²) >= 11 is 0. The molecule has 0 radical (unpaired) electrons. The SMILES string of the molecule is CC(=O)O[C@@H]1O[C@@H](CO[Si](c2ccccc2)(c2ccccc2)C(C)(C)C)CC1F. The smallest absolute Gasteiger partial charge is 0.305 e. The summed E-state index contributed by atoms with van der Waals surface area (Å²) in [4.78, 5) is 11.2. The summed E-state index contributed by atoms with van der Waals surface area (Å²) in [6, 6.07) is 20.5. The Morgan fingerprint density at radius 3 is 2.03 bits per heavy atom. The van der Waals surface area contributed by atoms with Gasteiger partial charge in [0.25, 0.3) is 8.32 Å². The number of rotatable bonds is 6. The molecular weight excluding hydrogens is 387 g/mol. The van der Waals surface area contributed by atoms with Crippen molar-refractivity contribution in [1.82, 2.24) is 0 Å². The van der Waals surface area contributed by atoms with Gasteiger partial charge in [0, 0.05) is 13.3 Å². The third kappa shape index (κ3) is 4.60. The standard InChI is InChI=1S/C23H29FO4Si/c1-17(25)27-22-21(24)15-18(28-22)16-26-29(23(2,3)4,19-11-7-5-8-12-19)20-13-9-6-10-14-20/h5-14,18,21-22H,15-16H2,1-4H3/t18-,21?,22-/m1/s1. The first kappa shape index (κ1) is 21.7. The summed E-state index contributed by atoms with van der Waals surface area (Å²) in [5.74, 6) is -0.550. The van der Waals surface area contributed by atoms with Gasteiger partial charge in [0.15, 0.2) is 6.17 Å². The minimum atomic E-state index is -2.70. The summed E-state index contributed by atoms with van der Waals surface area (Å²) in [7, 11) is -2.70. The van der Waals surface area contributed by atoms with E-state index in [-0.39, 0.29) is 18.1 Å². The predicted molar refractivity (Wildman–Crippen MR) is 114 cm³/mol. The lowest BCUT2D eigenvalue weighted by Crippen LogP contribution is -2.67. The fraction of sp³-hybridized carbons (Fsp3) is 0.435. The van der Waals surface area contributed by atoms with Crippen molar-refractivity contribution in [1.29, 1.82) is 0 Å². The van der Waals surface area contributed by atoms with E-state index in [1.165, 1.54) is 6.92 Å². The van der Waals surface area contributed by atoms with Crippen molar-refractivity contribution in [2.75, 3.05) is 6.61 Å². The molecule has 0 saturated carbocycles. The van der Waals surface area contributed by atoms with Crippen LogP contribution in [0, 0.1) is 0 Å². The van der Waals surface area contributed by atoms with Crippen LogP contribution in [0.2, 0.25) is 5.04 Å². The molecule has 6 heteroatoms. The van der Waals surface area contributed by atoms with Gasteiger partial charge in [0.05, 0.1) is 12.7 Å². The third-order valence-corrected chi connectivity index (χ3v) is 10.3. The Morgan fingerprint density at radius 1 is 1.07 bits per heavy atom. The van der Waals surface area contributed by atoms with Crippen molar-refractivity contribution in [2.24, 2.45) is 0 Å². The second kappa shape index (κ2) is 8.77. The summed E-state index contributed by atoms with van der Waals surface area (Å²) < 4.78 is 31.6. The highest BCUT2D eigenvalue weighted by Gasteiger charge is 2.51. The molecule has 2 aromatic carbocycles. The Hall–Kier alpha value is -2.02. The fourth-order valence-electron chi connectivity index (χ4n) is 4.04. The van der Waals surface area contributed by atoms with Gasteiger partial charge in [0.1, 0.15) is 0 Å². The molecule has 1 fully saturated rings. The summed E-state index contributed by atoms with van der Waals surface area (Å²) in [6.45, 7) is 8.06. The van der Waals surface area contributed by atoms with Crippen molar-refractivity contribution < 1.29 is 23.1 Å². The number of carbonyl (C=O) groups is 1. The second-order valence-corrected chi connectivity index (χ2v) is 12.8. The van der Waals surface area contributed by atoms with Gasteiger partial charge in [-0.1, -0.05) is 81.4 Å². The molecule has 1 saturated heterocycles. The Labute approximate surface area is 173 Å². The number of hydrogen-bond donors (Lipinski definition) is 0. The van der Waals surface area contributed by atoms with Crippen LogP contribution < -0.4 is 10.4 Å². The number of benzene rings is 2. The quantitative estimate of drug-likeness (QED) is 0.533. The Bertz CT molecular complexity index is 767. The van der Waals surface area contributed by atoms with Crippen LogP contribution in [0.5, 0.6) is 0 Å². The molecule has 0 aliphatic carbocycles. The second-order valence-electron chi connectivity index (χ2n) is 8.46. The molecule has 3 atom stereocenters. The Kier molecular flexibility index (Phi) is 6.56. The first-order valence-electron chi connectivity index (χ1n) is 9.96. The van der Waals surface area contributed by atoms with Crippen LogP contribution >= 0.6 is 0 Å². The molecule has 4 nitrogen and oxygen atoms in total. The fourth-order valence-corrected chi connectivity index (χ4v) is 8.64. The molecule has 0 N–H and O–H groups in total. The Morgan fingerprint density at radius 2 is 1.59 bits per heavy atom. The third-order valence-electron chi connectivity index (χ3n) is 5.29. The molecule has 1 heterocycles. The maximum Gasteiger partial charge on any atom is 0.305 e. The van der Waals surface area contributed by atoms with Gasteiger partial charge in [-0.2, -0.15) is 0 Å². The highest BCUT2D eigenvalue weighted by atomic mass is 28.4. The van der Waals surface area contributed by atoms with Crippen molar-refractivity contribution in [3.05, 3.63) is 60.7 Å². The topological polar surface area (TPSA) is 44.8 Å². The molecule has 1 aliphatic heterocycles. The normalized spacial score (nSPS) is 22.4. The number of esters is 1. The van der Waals surface area contributed by atoms with E-state index in [0.717, 1.165) is 10.4 Å². The van der Waals surface area contributed by atoms with Gasteiger partial charge in [0.2, 0.25) is 6.29 Å². The summed E-state index contributed by atoms with van der Waals surface area (Å²) in [5, 5.41) is 2.15. The lowest BCUT2D eigenvalue weighted by atomic mass is 10.2. The lowest BCUT2D eigenvalue weighted by Gasteiger charge is -2.43. The van der Waals surface area contributed by atoms with E-state index < -0.39 is 32.9 Å². The molecule has 0 aromatic heterocycles. The minimum Gasteiger partial charge on any atom is -0.433 e. The molecule has 3 rings (SSSR count). The van der Waals surface area contributed by atoms with E-state index in [2.05, 4.69) is 45.0 Å². The van der Waals surface area contributed by atoms with E-state index in [1.807, 2.05) is 36.4 Å². The molecule has 0 spiro atoms. The molecule has 0 bridgehead atoms. The molecule has 2 aromatic rings. The van der Waals surface area contributed by atoms with E-state index >= 15 is 0 Å². The molecule has 29 heavy (non-hydrogen) atoms. The van der Waals surface area contributed by atoms with Crippen LogP contribution in [0.4, 0.5) is 4.39 Å². The molecule has 156 valence electrons. The van der Waals surface area contributed by atoms with Crippen molar-refractivity contribution in [3.8, 4) is 0 Å². The van der Waals surface area contributed by atoms with Crippen molar-refractivity contribution in [3.63, 3.8) is 0 Å². The number of hydrogen-bond acceptors (Lipinski definition) is 4. The van der Waals surface area contributed by atoms with Crippen molar-refractivity contribution >= 4 is 24.7 Å². The first-order chi connectivity index (χ1) is 13.7. The predicted octanol–water partition coefficient (Wildman–Crippen LogP) is 3.58. The zero-order chi connectivity index (χ0) is 21.1. The molecule has 1 unspecified atom stereocenters. The molecule has 0 amide bonds. The number of halogens is 1. The maximum absolute atomic E-state index is 14.3. The van der Waals surface area contributed by atoms with Gasteiger partial charge in [-0.15, -0.1) is 0 Å². The largest absolute Gasteiger partial charge is 0.433 e. The first-order valence-corrected chi connectivity index (χ1v) is 11.9. The number of ether oxygens (including phenoxy) is 2. The van der Waals surface area contributed by atoms with Gasteiger partial charge in [-0.3, -0.25) is 4.79 Å². The average molecular weight is 417 g/mol. The van der Waals surface area contributed by atoms with E-state index in [9.17, 15) is 9.18 Å². The van der Waals surface area contributed by atoms with E-state index in [0.29, 0.717) is 0 Å². The zero-order valence-corrected chi connectivity index (χ0v) is 18.4. The zero-order valence-electron chi connectivity index (χ0n) is 17.4. The minimum absolute atomic E-state index is 0.149. The monoisotopic (exact) mass is 416 g/mol. The summed E-state index contributed by atoms with van der Waals surface area (Å²) in [5.41, 5.74) is 0. The van der Waals surface area contributed by atoms with E-state index in [1.54, 1.807) is 0 Å². The molecule has 1 aliphatic rings.